The van der Waals surface area contributed by atoms with E-state index in [-0.39, 0.29) is 0 Å². The molecule has 0 saturated heterocycles. The summed E-state index contributed by atoms with van der Waals surface area (Å²) >= 11 is 0. The molecule has 0 spiro atoms. The number of rotatable bonds is 3. The molecule has 57 valence electrons. The molecule has 0 saturated carbocycles. The minimum absolute atomic E-state index is 0.730. The predicted octanol–water partition coefficient (Wildman–Crippen LogP) is 1.28. The lowest BCUT2D eigenvalue weighted by atomic mass is 9.88. The number of aryl methyl sites for hydroxylation is 1. The minimum atomic E-state index is 0.730. The van der Waals surface area contributed by atoms with E-state index in [1.807, 2.05) is 19.1 Å². The molecule has 0 aliphatic rings. The van der Waals surface area contributed by atoms with Crippen LogP contribution in [0, 0.1) is 6.92 Å². The first kappa shape index (κ1) is 8.34. The van der Waals surface area contributed by atoms with Crippen LogP contribution in [-0.4, -0.2) is 14.1 Å². The minimum Gasteiger partial charge on any atom is -0.434 e. The molecule has 1 aromatic rings. The van der Waals surface area contributed by atoms with Crippen molar-refractivity contribution in [1.82, 2.24) is 0 Å². The van der Waals surface area contributed by atoms with Gasteiger partial charge in [-0.1, -0.05) is 35.3 Å². The summed E-state index contributed by atoms with van der Waals surface area (Å²) in [5, 5.41) is 0. The van der Waals surface area contributed by atoms with Crippen LogP contribution in [0.3, 0.4) is 0 Å². The maximum atomic E-state index is 5.13. The van der Waals surface area contributed by atoms with Crippen molar-refractivity contribution in [3.63, 3.8) is 0 Å². The third-order valence-electron chi connectivity index (χ3n) is 1.46. The van der Waals surface area contributed by atoms with Crippen LogP contribution in [-0.2, 0) is 4.65 Å². The molecule has 0 aliphatic heterocycles. The van der Waals surface area contributed by atoms with Gasteiger partial charge in [-0.25, -0.2) is 0 Å². The lowest BCUT2D eigenvalue weighted by Gasteiger charge is -1.98. The topological polar surface area (TPSA) is 9.23 Å². The Labute approximate surface area is 68.7 Å². The van der Waals surface area contributed by atoms with Crippen LogP contribution in [0.5, 0.6) is 0 Å². The lowest BCUT2D eigenvalue weighted by molar-refractivity contribution is 0.367. The number of hydrogen-bond acceptors (Lipinski definition) is 1. The Morgan fingerprint density at radius 2 is 1.91 bits per heavy atom. The highest BCUT2D eigenvalue weighted by atomic mass is 16.4. The smallest absolute Gasteiger partial charge is 0.329 e. The fourth-order valence-corrected chi connectivity index (χ4v) is 0.825. The van der Waals surface area contributed by atoms with Crippen molar-refractivity contribution in [1.29, 1.82) is 0 Å². The Bertz CT molecular complexity index is 205. The fourth-order valence-electron chi connectivity index (χ4n) is 0.825. The summed E-state index contributed by atoms with van der Waals surface area (Å²) in [6.45, 7) is 4.78. The maximum absolute atomic E-state index is 5.13. The summed E-state index contributed by atoms with van der Waals surface area (Å²) in [5.74, 6) is 0. The lowest BCUT2D eigenvalue weighted by Crippen LogP contribution is -2.16. The Kier molecular flexibility index (Phi) is 3.18. The molecule has 1 radical (unpaired) electrons. The number of hydrogen-bond donors (Lipinski definition) is 0. The Morgan fingerprint density at radius 3 is 2.45 bits per heavy atom. The second kappa shape index (κ2) is 4.19. The first-order valence-corrected chi connectivity index (χ1v) is 3.84. The van der Waals surface area contributed by atoms with E-state index in [0.717, 1.165) is 12.1 Å². The fraction of sp³-hybridized carbons (Fsp3) is 0.333. The van der Waals surface area contributed by atoms with Crippen molar-refractivity contribution in [3.8, 4) is 0 Å². The third-order valence-corrected chi connectivity index (χ3v) is 1.46. The molecule has 0 heterocycles. The normalized spacial score (nSPS) is 9.64. The molecule has 2 heteroatoms. The predicted molar refractivity (Wildman–Crippen MR) is 48.2 cm³/mol. The van der Waals surface area contributed by atoms with Gasteiger partial charge in [0.25, 0.3) is 0 Å². The van der Waals surface area contributed by atoms with Gasteiger partial charge in [0.2, 0.25) is 0 Å². The zero-order chi connectivity index (χ0) is 8.10. The molecular formula is C9H12BO. The first-order valence-electron chi connectivity index (χ1n) is 3.84. The van der Waals surface area contributed by atoms with Gasteiger partial charge in [-0.15, -0.1) is 0 Å². The Morgan fingerprint density at radius 1 is 1.27 bits per heavy atom. The van der Waals surface area contributed by atoms with Crippen LogP contribution in [0.2, 0.25) is 0 Å². The van der Waals surface area contributed by atoms with Crippen LogP contribution < -0.4 is 5.46 Å². The van der Waals surface area contributed by atoms with Gasteiger partial charge in [0.05, 0.1) is 0 Å². The molecule has 0 unspecified atom stereocenters. The second-order valence-corrected chi connectivity index (χ2v) is 2.48. The average molecular weight is 147 g/mol. The highest BCUT2D eigenvalue weighted by molar-refractivity contribution is 6.46. The monoisotopic (exact) mass is 147 g/mol. The van der Waals surface area contributed by atoms with E-state index >= 15 is 0 Å². The van der Waals surface area contributed by atoms with Crippen LogP contribution in [0.25, 0.3) is 0 Å². The summed E-state index contributed by atoms with van der Waals surface area (Å²) in [5.41, 5.74) is 2.40. The standard InChI is InChI=1S/C9H12BO/c1-3-11-10-9-6-4-8(2)5-7-9/h4-7H,3H2,1-2H3. The third kappa shape index (κ3) is 2.77. The molecule has 0 fully saturated rings. The quantitative estimate of drug-likeness (QED) is 0.585. The summed E-state index contributed by atoms with van der Waals surface area (Å²) in [4.78, 5) is 0. The molecule has 0 aliphatic carbocycles. The van der Waals surface area contributed by atoms with Gasteiger partial charge in [-0.3, -0.25) is 0 Å². The maximum Gasteiger partial charge on any atom is 0.329 e. The zero-order valence-electron chi connectivity index (χ0n) is 7.00. The van der Waals surface area contributed by atoms with Crippen molar-refractivity contribution in [2.45, 2.75) is 13.8 Å². The van der Waals surface area contributed by atoms with Gasteiger partial charge in [0.1, 0.15) is 0 Å². The molecular weight excluding hydrogens is 135 g/mol. The van der Waals surface area contributed by atoms with E-state index in [1.165, 1.54) is 5.56 Å². The van der Waals surface area contributed by atoms with E-state index in [9.17, 15) is 0 Å². The van der Waals surface area contributed by atoms with E-state index in [0.29, 0.717) is 0 Å². The second-order valence-electron chi connectivity index (χ2n) is 2.48. The molecule has 11 heavy (non-hydrogen) atoms. The SMILES string of the molecule is CCO[B]c1ccc(C)cc1. The molecule has 0 aromatic heterocycles. The average Bonchev–Trinajstić information content (AvgIpc) is 2.04. The highest BCUT2D eigenvalue weighted by Gasteiger charge is 1.93. The van der Waals surface area contributed by atoms with Gasteiger partial charge in [0.15, 0.2) is 0 Å². The van der Waals surface area contributed by atoms with Crippen molar-refractivity contribution in [2.75, 3.05) is 6.61 Å². The molecule has 0 amide bonds. The van der Waals surface area contributed by atoms with Crippen LogP contribution in [0.4, 0.5) is 0 Å². The van der Waals surface area contributed by atoms with E-state index in [4.69, 9.17) is 4.65 Å². The van der Waals surface area contributed by atoms with E-state index < -0.39 is 0 Å². The molecule has 0 N–H and O–H groups in total. The molecule has 0 bridgehead atoms. The molecule has 1 rings (SSSR count). The highest BCUT2D eigenvalue weighted by Crippen LogP contribution is 1.91. The molecule has 1 aromatic carbocycles. The Hall–Kier alpha value is -0.755. The van der Waals surface area contributed by atoms with Gasteiger partial charge < -0.3 is 4.65 Å². The van der Waals surface area contributed by atoms with E-state index in [1.54, 1.807) is 7.48 Å². The van der Waals surface area contributed by atoms with Crippen molar-refractivity contribution in [2.24, 2.45) is 0 Å². The van der Waals surface area contributed by atoms with Gasteiger partial charge >= 0.3 is 7.48 Å². The zero-order valence-corrected chi connectivity index (χ0v) is 7.00. The van der Waals surface area contributed by atoms with Crippen LogP contribution >= 0.6 is 0 Å². The van der Waals surface area contributed by atoms with Crippen LogP contribution in [0.15, 0.2) is 24.3 Å². The molecule has 1 nitrogen and oxygen atoms in total. The van der Waals surface area contributed by atoms with Crippen LogP contribution in [0.1, 0.15) is 12.5 Å². The summed E-state index contributed by atoms with van der Waals surface area (Å²) in [7, 11) is 1.78. The van der Waals surface area contributed by atoms with Crippen molar-refractivity contribution >= 4 is 12.9 Å². The largest absolute Gasteiger partial charge is 0.434 e. The Balaban J connectivity index is 2.52. The van der Waals surface area contributed by atoms with Gasteiger partial charge in [-0.2, -0.15) is 0 Å². The summed E-state index contributed by atoms with van der Waals surface area (Å²) < 4.78 is 5.13. The van der Waals surface area contributed by atoms with Crippen molar-refractivity contribution in [3.05, 3.63) is 29.8 Å². The number of benzene rings is 1. The first-order chi connectivity index (χ1) is 5.33. The summed E-state index contributed by atoms with van der Waals surface area (Å²) in [6.07, 6.45) is 0. The van der Waals surface area contributed by atoms with Crippen molar-refractivity contribution < 1.29 is 4.65 Å². The molecule has 0 atom stereocenters. The van der Waals surface area contributed by atoms with E-state index in [2.05, 4.69) is 19.1 Å². The van der Waals surface area contributed by atoms with Gasteiger partial charge in [0, 0.05) is 6.61 Å². The summed E-state index contributed by atoms with van der Waals surface area (Å²) in [6, 6.07) is 8.24. The van der Waals surface area contributed by atoms with Gasteiger partial charge in [-0.05, 0) is 13.8 Å².